The molecule has 1 aromatic carbocycles. The molecule has 15 heavy (non-hydrogen) atoms. The summed E-state index contributed by atoms with van der Waals surface area (Å²) in [5.74, 6) is 0. The predicted octanol–water partition coefficient (Wildman–Crippen LogP) is 1.99. The summed E-state index contributed by atoms with van der Waals surface area (Å²) in [5, 5.41) is 0.894. The van der Waals surface area contributed by atoms with E-state index in [1.54, 1.807) is 6.07 Å². The minimum Gasteiger partial charge on any atom is -0.422 e. The molecule has 0 unspecified atom stereocenters. The highest BCUT2D eigenvalue weighted by Gasteiger charge is 2.18. The normalized spacial score (nSPS) is 11.9. The second-order valence-electron chi connectivity index (χ2n) is 4.20. The fraction of sp³-hybridized carbons (Fsp3) is 0.250. The molecule has 2 aromatic rings. The van der Waals surface area contributed by atoms with Gasteiger partial charge in [-0.3, -0.25) is 0 Å². The maximum absolute atomic E-state index is 11.2. The van der Waals surface area contributed by atoms with Crippen molar-refractivity contribution in [1.82, 2.24) is 0 Å². The molecule has 3 nitrogen and oxygen atoms in total. The average Bonchev–Trinajstić information content (AvgIpc) is 2.15. The fourth-order valence-corrected chi connectivity index (χ4v) is 1.60. The van der Waals surface area contributed by atoms with Gasteiger partial charge >= 0.3 is 5.63 Å². The largest absolute Gasteiger partial charge is 0.422 e. The Morgan fingerprint density at radius 2 is 1.93 bits per heavy atom. The van der Waals surface area contributed by atoms with Gasteiger partial charge in [0.05, 0.1) is 0 Å². The molecule has 0 aliphatic carbocycles. The van der Waals surface area contributed by atoms with Gasteiger partial charge in [0.25, 0.3) is 0 Å². The summed E-state index contributed by atoms with van der Waals surface area (Å²) in [5.41, 5.74) is 6.57. The SMILES string of the molecule is CC(C)(N)c1cccc2ccc(=O)oc12. The first-order chi connectivity index (χ1) is 6.98. The lowest BCUT2D eigenvalue weighted by molar-refractivity contribution is 0.516. The molecule has 0 amide bonds. The van der Waals surface area contributed by atoms with Gasteiger partial charge < -0.3 is 10.2 Å². The van der Waals surface area contributed by atoms with E-state index in [0.717, 1.165) is 10.9 Å². The van der Waals surface area contributed by atoms with E-state index in [4.69, 9.17) is 10.2 Å². The second-order valence-corrected chi connectivity index (χ2v) is 4.20. The molecule has 0 radical (unpaired) electrons. The van der Waals surface area contributed by atoms with Crippen molar-refractivity contribution in [3.63, 3.8) is 0 Å². The van der Waals surface area contributed by atoms with E-state index in [0.29, 0.717) is 5.58 Å². The van der Waals surface area contributed by atoms with Crippen LogP contribution in [0.15, 0.2) is 39.5 Å². The molecule has 78 valence electrons. The first kappa shape index (κ1) is 9.93. The molecular formula is C12H13NO2. The van der Waals surface area contributed by atoms with E-state index in [-0.39, 0.29) is 5.63 Å². The van der Waals surface area contributed by atoms with Crippen molar-refractivity contribution >= 4 is 11.0 Å². The molecule has 0 aliphatic heterocycles. The third kappa shape index (κ3) is 1.78. The Morgan fingerprint density at radius 1 is 1.20 bits per heavy atom. The van der Waals surface area contributed by atoms with Gasteiger partial charge in [-0.25, -0.2) is 4.79 Å². The zero-order chi connectivity index (χ0) is 11.1. The van der Waals surface area contributed by atoms with Crippen molar-refractivity contribution in [2.24, 2.45) is 5.73 Å². The summed E-state index contributed by atoms with van der Waals surface area (Å²) in [6.45, 7) is 3.77. The molecule has 0 bridgehead atoms. The summed E-state index contributed by atoms with van der Waals surface area (Å²) < 4.78 is 5.18. The number of rotatable bonds is 1. The van der Waals surface area contributed by atoms with Crippen LogP contribution in [0.4, 0.5) is 0 Å². The van der Waals surface area contributed by atoms with Crippen LogP contribution in [-0.4, -0.2) is 0 Å². The van der Waals surface area contributed by atoms with Gasteiger partial charge in [0.2, 0.25) is 0 Å². The molecule has 2 rings (SSSR count). The molecule has 0 aliphatic rings. The van der Waals surface area contributed by atoms with Crippen LogP contribution in [0, 0.1) is 0 Å². The molecular weight excluding hydrogens is 190 g/mol. The minimum absolute atomic E-state index is 0.348. The third-order valence-corrected chi connectivity index (χ3v) is 2.34. The molecule has 1 aromatic heterocycles. The van der Waals surface area contributed by atoms with Crippen LogP contribution >= 0.6 is 0 Å². The molecule has 0 saturated heterocycles. The van der Waals surface area contributed by atoms with Crippen LogP contribution in [0.5, 0.6) is 0 Å². The number of benzene rings is 1. The fourth-order valence-electron chi connectivity index (χ4n) is 1.60. The Bertz CT molecular complexity index is 549. The highest BCUT2D eigenvalue weighted by atomic mass is 16.4. The Morgan fingerprint density at radius 3 is 2.60 bits per heavy atom. The van der Waals surface area contributed by atoms with Crippen LogP contribution < -0.4 is 11.4 Å². The quantitative estimate of drug-likeness (QED) is 0.721. The van der Waals surface area contributed by atoms with Crippen LogP contribution in [0.25, 0.3) is 11.0 Å². The Labute approximate surface area is 87.5 Å². The first-order valence-corrected chi connectivity index (χ1v) is 4.81. The van der Waals surface area contributed by atoms with Gasteiger partial charge in [-0.05, 0) is 19.9 Å². The summed E-state index contributed by atoms with van der Waals surface area (Å²) in [6, 6.07) is 8.84. The van der Waals surface area contributed by atoms with E-state index in [2.05, 4.69) is 0 Å². The molecule has 0 saturated carbocycles. The minimum atomic E-state index is -0.517. The summed E-state index contributed by atoms with van der Waals surface area (Å²) in [4.78, 5) is 11.2. The van der Waals surface area contributed by atoms with E-state index < -0.39 is 5.54 Å². The molecule has 1 heterocycles. The zero-order valence-electron chi connectivity index (χ0n) is 8.78. The second kappa shape index (κ2) is 3.21. The maximum atomic E-state index is 11.2. The molecule has 0 fully saturated rings. The first-order valence-electron chi connectivity index (χ1n) is 4.81. The average molecular weight is 203 g/mol. The van der Waals surface area contributed by atoms with E-state index >= 15 is 0 Å². The lowest BCUT2D eigenvalue weighted by Gasteiger charge is -2.19. The van der Waals surface area contributed by atoms with Crippen molar-refractivity contribution in [3.05, 3.63) is 46.3 Å². The van der Waals surface area contributed by atoms with Gasteiger partial charge in [-0.1, -0.05) is 18.2 Å². The predicted molar refractivity (Wildman–Crippen MR) is 59.7 cm³/mol. The summed E-state index contributed by atoms with van der Waals surface area (Å²) in [6.07, 6.45) is 0. The maximum Gasteiger partial charge on any atom is 0.336 e. The van der Waals surface area contributed by atoms with Crippen LogP contribution in [-0.2, 0) is 5.54 Å². The smallest absolute Gasteiger partial charge is 0.336 e. The number of nitrogens with two attached hydrogens (primary N) is 1. The Balaban J connectivity index is 2.86. The standard InChI is InChI=1S/C12H13NO2/c1-12(2,13)9-5-3-4-8-6-7-10(14)15-11(8)9/h3-7H,13H2,1-2H3. The number of hydrogen-bond acceptors (Lipinski definition) is 3. The van der Waals surface area contributed by atoms with Crippen LogP contribution in [0.1, 0.15) is 19.4 Å². The molecule has 0 spiro atoms. The Kier molecular flexibility index (Phi) is 2.12. The van der Waals surface area contributed by atoms with Crippen molar-refractivity contribution < 1.29 is 4.42 Å². The van der Waals surface area contributed by atoms with Crippen molar-refractivity contribution in [2.45, 2.75) is 19.4 Å². The monoisotopic (exact) mass is 203 g/mol. The third-order valence-electron chi connectivity index (χ3n) is 2.34. The molecule has 2 N–H and O–H groups in total. The number of hydrogen-bond donors (Lipinski definition) is 1. The van der Waals surface area contributed by atoms with Crippen molar-refractivity contribution in [3.8, 4) is 0 Å². The molecule has 3 heteroatoms. The lowest BCUT2D eigenvalue weighted by atomic mass is 9.94. The van der Waals surface area contributed by atoms with Crippen molar-refractivity contribution in [2.75, 3.05) is 0 Å². The summed E-state index contributed by atoms with van der Waals surface area (Å²) >= 11 is 0. The van der Waals surface area contributed by atoms with E-state index in [9.17, 15) is 4.79 Å². The van der Waals surface area contributed by atoms with E-state index in [1.165, 1.54) is 6.07 Å². The number of para-hydroxylation sites is 1. The van der Waals surface area contributed by atoms with Crippen LogP contribution in [0.2, 0.25) is 0 Å². The van der Waals surface area contributed by atoms with Gasteiger partial charge in [0.15, 0.2) is 0 Å². The number of fused-ring (bicyclic) bond motifs is 1. The Hall–Kier alpha value is -1.61. The van der Waals surface area contributed by atoms with Gasteiger partial charge in [0.1, 0.15) is 5.58 Å². The van der Waals surface area contributed by atoms with E-state index in [1.807, 2.05) is 32.0 Å². The summed E-state index contributed by atoms with van der Waals surface area (Å²) in [7, 11) is 0. The topological polar surface area (TPSA) is 56.2 Å². The lowest BCUT2D eigenvalue weighted by Crippen LogP contribution is -2.29. The van der Waals surface area contributed by atoms with Crippen molar-refractivity contribution in [1.29, 1.82) is 0 Å². The zero-order valence-corrected chi connectivity index (χ0v) is 8.78. The van der Waals surface area contributed by atoms with Gasteiger partial charge in [-0.2, -0.15) is 0 Å². The highest BCUT2D eigenvalue weighted by molar-refractivity contribution is 5.80. The molecule has 0 atom stereocenters. The highest BCUT2D eigenvalue weighted by Crippen LogP contribution is 2.25. The van der Waals surface area contributed by atoms with Gasteiger partial charge in [0, 0.05) is 22.6 Å². The van der Waals surface area contributed by atoms with Crippen LogP contribution in [0.3, 0.4) is 0 Å². The van der Waals surface area contributed by atoms with Gasteiger partial charge in [-0.15, -0.1) is 0 Å².